The predicted molar refractivity (Wildman–Crippen MR) is 60.2 cm³/mol. The van der Waals surface area contributed by atoms with Gasteiger partial charge in [0.25, 0.3) is 0 Å². The van der Waals surface area contributed by atoms with Crippen molar-refractivity contribution in [2.45, 2.75) is 6.42 Å². The number of amides is 1. The first-order chi connectivity index (χ1) is 8.15. The molecule has 0 radical (unpaired) electrons. The molecule has 0 aliphatic carbocycles. The van der Waals surface area contributed by atoms with Crippen LogP contribution in [0.1, 0.15) is 5.56 Å². The van der Waals surface area contributed by atoms with Crippen molar-refractivity contribution < 1.29 is 14.3 Å². The molecule has 0 atom stereocenters. The maximum atomic E-state index is 11.4. The molecule has 1 heterocycles. The number of guanidine groups is 1. The van der Waals surface area contributed by atoms with Crippen LogP contribution in [0.2, 0.25) is 0 Å². The van der Waals surface area contributed by atoms with Crippen molar-refractivity contribution in [3.8, 4) is 11.5 Å². The monoisotopic (exact) mass is 236 g/mol. The molecule has 0 aromatic heterocycles. The average Bonchev–Trinajstić information content (AvgIpc) is 2.73. The summed E-state index contributed by atoms with van der Waals surface area (Å²) in [6, 6.07) is 5.28. The number of hydrazone groups is 1. The minimum Gasteiger partial charge on any atom is -0.454 e. The van der Waals surface area contributed by atoms with Crippen molar-refractivity contribution in [1.82, 2.24) is 5.43 Å². The van der Waals surface area contributed by atoms with Gasteiger partial charge >= 0.3 is 0 Å². The minimum absolute atomic E-state index is 0.160. The third-order valence-electron chi connectivity index (χ3n) is 2.11. The van der Waals surface area contributed by atoms with Gasteiger partial charge in [0.2, 0.25) is 18.7 Å². The first-order valence-corrected chi connectivity index (χ1v) is 4.91. The first-order valence-electron chi connectivity index (χ1n) is 4.91. The van der Waals surface area contributed by atoms with Crippen LogP contribution in [0.25, 0.3) is 0 Å². The number of ether oxygens (including phenoxy) is 2. The Bertz CT molecular complexity index is 469. The minimum atomic E-state index is -0.308. The molecule has 0 bridgehead atoms. The number of carbonyl (C=O) groups is 1. The van der Waals surface area contributed by atoms with E-state index in [9.17, 15) is 4.79 Å². The van der Waals surface area contributed by atoms with Gasteiger partial charge in [0.1, 0.15) is 0 Å². The summed E-state index contributed by atoms with van der Waals surface area (Å²) < 4.78 is 10.4. The van der Waals surface area contributed by atoms with Crippen molar-refractivity contribution in [2.24, 2.45) is 16.6 Å². The molecule has 0 unspecified atom stereocenters. The quantitative estimate of drug-likeness (QED) is 0.363. The van der Waals surface area contributed by atoms with Gasteiger partial charge in [-0.2, -0.15) is 0 Å². The molecule has 7 heteroatoms. The summed E-state index contributed by atoms with van der Waals surface area (Å²) >= 11 is 0. The molecule has 1 aromatic rings. The fraction of sp³-hybridized carbons (Fsp3) is 0.200. The smallest absolute Gasteiger partial charge is 0.244 e. The zero-order valence-electron chi connectivity index (χ0n) is 8.97. The van der Waals surface area contributed by atoms with E-state index in [1.807, 2.05) is 0 Å². The van der Waals surface area contributed by atoms with Crippen LogP contribution in [-0.2, 0) is 11.2 Å². The molecule has 2 rings (SSSR count). The van der Waals surface area contributed by atoms with E-state index < -0.39 is 0 Å². The largest absolute Gasteiger partial charge is 0.454 e. The van der Waals surface area contributed by atoms with E-state index in [0.29, 0.717) is 11.5 Å². The number of rotatable bonds is 3. The number of nitrogens with zero attached hydrogens (tertiary/aromatic N) is 1. The average molecular weight is 236 g/mol. The third-order valence-corrected chi connectivity index (χ3v) is 2.11. The topological polar surface area (TPSA) is 112 Å². The van der Waals surface area contributed by atoms with Crippen molar-refractivity contribution in [2.75, 3.05) is 6.79 Å². The zero-order valence-corrected chi connectivity index (χ0v) is 8.97. The summed E-state index contributed by atoms with van der Waals surface area (Å²) in [6.45, 7) is 0.207. The lowest BCUT2D eigenvalue weighted by Gasteiger charge is -2.02. The molecule has 5 N–H and O–H groups in total. The summed E-state index contributed by atoms with van der Waals surface area (Å²) in [5, 5.41) is 3.41. The van der Waals surface area contributed by atoms with E-state index in [1.165, 1.54) is 0 Å². The number of fused-ring (bicyclic) bond motifs is 1. The lowest BCUT2D eigenvalue weighted by atomic mass is 10.1. The Hall–Kier alpha value is -2.44. The van der Waals surface area contributed by atoms with Crippen molar-refractivity contribution in [1.29, 1.82) is 0 Å². The molecule has 1 aliphatic heterocycles. The van der Waals surface area contributed by atoms with Crippen LogP contribution in [0.5, 0.6) is 11.5 Å². The van der Waals surface area contributed by atoms with Gasteiger partial charge < -0.3 is 20.9 Å². The second-order valence-corrected chi connectivity index (χ2v) is 3.44. The van der Waals surface area contributed by atoms with Gasteiger partial charge in [-0.25, -0.2) is 5.43 Å². The van der Waals surface area contributed by atoms with E-state index in [2.05, 4.69) is 10.5 Å². The standard InChI is InChI=1S/C10H12N4O3/c11-10(12)14-13-9(15)4-6-1-2-7-8(3-6)17-5-16-7/h1-3H,4-5H2,(H,13,15)(H4,11,12,14). The van der Waals surface area contributed by atoms with Crippen LogP contribution in [0.4, 0.5) is 0 Å². The lowest BCUT2D eigenvalue weighted by molar-refractivity contribution is -0.120. The highest BCUT2D eigenvalue weighted by atomic mass is 16.7. The Balaban J connectivity index is 1.99. The fourth-order valence-corrected chi connectivity index (χ4v) is 1.40. The van der Waals surface area contributed by atoms with Crippen LogP contribution < -0.4 is 26.4 Å². The molecule has 0 saturated heterocycles. The number of hydrogen-bond donors (Lipinski definition) is 3. The molecule has 7 nitrogen and oxygen atoms in total. The molecule has 17 heavy (non-hydrogen) atoms. The van der Waals surface area contributed by atoms with E-state index in [-0.39, 0.29) is 25.1 Å². The van der Waals surface area contributed by atoms with Crippen molar-refractivity contribution >= 4 is 11.9 Å². The van der Waals surface area contributed by atoms with E-state index in [4.69, 9.17) is 20.9 Å². The van der Waals surface area contributed by atoms with Crippen LogP contribution >= 0.6 is 0 Å². The van der Waals surface area contributed by atoms with Gasteiger partial charge in [0.15, 0.2) is 11.5 Å². The molecule has 1 aliphatic rings. The zero-order chi connectivity index (χ0) is 12.3. The Kier molecular flexibility index (Phi) is 2.99. The maximum absolute atomic E-state index is 11.4. The molecular formula is C10H12N4O3. The van der Waals surface area contributed by atoms with Crippen molar-refractivity contribution in [3.05, 3.63) is 23.8 Å². The van der Waals surface area contributed by atoms with Crippen LogP contribution in [-0.4, -0.2) is 18.7 Å². The first kappa shape index (κ1) is 11.1. The number of benzene rings is 1. The second-order valence-electron chi connectivity index (χ2n) is 3.44. The number of nitrogens with one attached hydrogen (secondary N) is 1. The Morgan fingerprint density at radius 1 is 1.35 bits per heavy atom. The van der Waals surface area contributed by atoms with Crippen LogP contribution in [0.3, 0.4) is 0 Å². The summed E-state index contributed by atoms with van der Waals surface area (Å²) in [7, 11) is 0. The van der Waals surface area contributed by atoms with Gasteiger partial charge in [-0.1, -0.05) is 6.07 Å². The molecule has 0 saturated carbocycles. The molecule has 90 valence electrons. The third kappa shape index (κ3) is 2.77. The van der Waals surface area contributed by atoms with E-state index in [1.54, 1.807) is 18.2 Å². The predicted octanol–water partition coefficient (Wildman–Crippen LogP) is -0.738. The number of hydrogen-bond acceptors (Lipinski definition) is 4. The molecule has 0 spiro atoms. The highest BCUT2D eigenvalue weighted by Crippen LogP contribution is 2.32. The van der Waals surface area contributed by atoms with Crippen molar-refractivity contribution in [3.63, 3.8) is 0 Å². The molecular weight excluding hydrogens is 224 g/mol. The highest BCUT2D eigenvalue weighted by Gasteiger charge is 2.14. The Morgan fingerprint density at radius 2 is 2.12 bits per heavy atom. The Labute approximate surface area is 97.4 Å². The van der Waals surface area contributed by atoms with E-state index >= 15 is 0 Å². The van der Waals surface area contributed by atoms with Gasteiger partial charge in [-0.05, 0) is 17.7 Å². The second kappa shape index (κ2) is 4.60. The van der Waals surface area contributed by atoms with Gasteiger partial charge in [-0.3, -0.25) is 4.79 Å². The molecule has 1 amide bonds. The van der Waals surface area contributed by atoms with Gasteiger partial charge in [0, 0.05) is 0 Å². The molecule has 1 aromatic carbocycles. The molecule has 0 fully saturated rings. The summed E-state index contributed by atoms with van der Waals surface area (Å²) in [5.74, 6) is 0.817. The van der Waals surface area contributed by atoms with Crippen LogP contribution in [0, 0.1) is 0 Å². The summed E-state index contributed by atoms with van der Waals surface area (Å²) in [5.41, 5.74) is 13.2. The Morgan fingerprint density at radius 3 is 2.88 bits per heavy atom. The lowest BCUT2D eigenvalue weighted by Crippen LogP contribution is -2.29. The van der Waals surface area contributed by atoms with Crippen LogP contribution in [0.15, 0.2) is 23.3 Å². The fourth-order valence-electron chi connectivity index (χ4n) is 1.40. The SMILES string of the molecule is NC(N)=NNC(=O)Cc1ccc2c(c1)OCO2. The summed E-state index contributed by atoms with van der Waals surface area (Å²) in [4.78, 5) is 11.4. The number of nitrogens with two attached hydrogens (primary N) is 2. The van der Waals surface area contributed by atoms with Gasteiger partial charge in [-0.15, -0.1) is 5.10 Å². The normalized spacial score (nSPS) is 12.0. The maximum Gasteiger partial charge on any atom is 0.244 e. The van der Waals surface area contributed by atoms with Gasteiger partial charge in [0.05, 0.1) is 6.42 Å². The van der Waals surface area contributed by atoms with E-state index in [0.717, 1.165) is 5.56 Å². The number of carbonyl (C=O) groups excluding carboxylic acids is 1. The highest BCUT2D eigenvalue weighted by molar-refractivity contribution is 5.82. The summed E-state index contributed by atoms with van der Waals surface area (Å²) in [6.07, 6.45) is 0.160.